The van der Waals surface area contributed by atoms with Gasteiger partial charge in [-0.1, -0.05) is 0 Å². The van der Waals surface area contributed by atoms with Gasteiger partial charge < -0.3 is 9.32 Å². The summed E-state index contributed by atoms with van der Waals surface area (Å²) in [5, 5.41) is 0.290. The lowest BCUT2D eigenvalue weighted by Gasteiger charge is -2.03. The first-order valence-corrected chi connectivity index (χ1v) is 2.91. The van der Waals surface area contributed by atoms with Crippen LogP contribution in [0.4, 0.5) is 5.82 Å². The summed E-state index contributed by atoms with van der Waals surface area (Å²) in [5.41, 5.74) is 0. The van der Waals surface area contributed by atoms with Gasteiger partial charge in [0, 0.05) is 14.1 Å². The predicted octanol–water partition coefficient (Wildman–Crippen LogP) is 1.30. The monoisotopic (exact) mass is 143 g/mol. The third kappa shape index (κ3) is 1.32. The highest BCUT2D eigenvalue weighted by molar-refractivity contribution is 7.80. The zero-order chi connectivity index (χ0) is 6.85. The van der Waals surface area contributed by atoms with E-state index in [1.165, 1.54) is 6.26 Å². The Bertz CT molecular complexity index is 197. The smallest absolute Gasteiger partial charge is 0.290 e. The number of anilines is 1. The summed E-state index contributed by atoms with van der Waals surface area (Å²) in [5.74, 6) is 0.764. The molecule has 0 aliphatic rings. The molecule has 1 rings (SSSR count). The summed E-state index contributed by atoms with van der Waals surface area (Å²) in [6, 6.07) is 0. The number of rotatable bonds is 1. The van der Waals surface area contributed by atoms with Crippen molar-refractivity contribution in [3.05, 3.63) is 6.26 Å². The first-order chi connectivity index (χ1) is 4.20. The third-order valence-corrected chi connectivity index (χ3v) is 1.12. The maximum Gasteiger partial charge on any atom is 0.290 e. The van der Waals surface area contributed by atoms with Gasteiger partial charge in [0.1, 0.15) is 6.26 Å². The van der Waals surface area contributed by atoms with E-state index in [1.54, 1.807) is 0 Å². The molecule has 0 spiro atoms. The lowest BCUT2D eigenvalue weighted by atomic mass is 10.7. The fourth-order valence-corrected chi connectivity index (χ4v) is 0.596. The van der Waals surface area contributed by atoms with Crippen molar-refractivity contribution in [1.82, 2.24) is 4.98 Å². The second-order valence-electron chi connectivity index (χ2n) is 1.87. The molecular weight excluding hydrogens is 136 g/mol. The molecule has 1 heterocycles. The Balaban J connectivity index is 2.85. The van der Waals surface area contributed by atoms with Crippen molar-refractivity contribution in [3.63, 3.8) is 0 Å². The van der Waals surface area contributed by atoms with Crippen molar-refractivity contribution in [3.8, 4) is 0 Å². The van der Waals surface area contributed by atoms with Crippen molar-refractivity contribution in [1.29, 1.82) is 0 Å². The Labute approximate surface area is 59.1 Å². The van der Waals surface area contributed by atoms with Crippen molar-refractivity contribution in [2.24, 2.45) is 0 Å². The average molecular weight is 143 g/mol. The minimum atomic E-state index is 0.290. The quantitative estimate of drug-likeness (QED) is 0.593. The Hall–Kier alpha value is -0.770. The SMILES string of the molecule is CN(C)c1coc([S])n1. The van der Waals surface area contributed by atoms with Gasteiger partial charge in [0.25, 0.3) is 5.22 Å². The second kappa shape index (κ2) is 2.23. The maximum absolute atomic E-state index is 4.79. The minimum Gasteiger partial charge on any atom is -0.434 e. The Kier molecular flexibility index (Phi) is 1.57. The first-order valence-electron chi connectivity index (χ1n) is 2.50. The van der Waals surface area contributed by atoms with E-state index in [4.69, 9.17) is 4.42 Å². The van der Waals surface area contributed by atoms with Gasteiger partial charge >= 0.3 is 0 Å². The average Bonchev–Trinajstić information content (AvgIpc) is 2.14. The third-order valence-electron chi connectivity index (χ3n) is 0.929. The zero-order valence-corrected chi connectivity index (χ0v) is 6.10. The second-order valence-corrected chi connectivity index (χ2v) is 2.22. The van der Waals surface area contributed by atoms with Gasteiger partial charge in [-0.3, -0.25) is 0 Å². The molecule has 4 heteroatoms. The molecule has 1 radical (unpaired) electrons. The summed E-state index contributed by atoms with van der Waals surface area (Å²) in [6.45, 7) is 0. The minimum absolute atomic E-state index is 0.290. The summed E-state index contributed by atoms with van der Waals surface area (Å²) in [4.78, 5) is 5.72. The van der Waals surface area contributed by atoms with E-state index in [0.29, 0.717) is 5.22 Å². The largest absolute Gasteiger partial charge is 0.434 e. The van der Waals surface area contributed by atoms with Gasteiger partial charge in [-0.25, -0.2) is 0 Å². The summed E-state index contributed by atoms with van der Waals surface area (Å²) >= 11 is 4.65. The normalized spacial score (nSPS) is 9.56. The standard InChI is InChI=1S/C5H7N2OS/c1-7(2)4-3-8-5(9)6-4/h3H,1-2H3. The van der Waals surface area contributed by atoms with Crippen LogP contribution in [0.15, 0.2) is 15.9 Å². The van der Waals surface area contributed by atoms with Crippen LogP contribution >= 0.6 is 12.6 Å². The van der Waals surface area contributed by atoms with Crippen molar-refractivity contribution < 1.29 is 4.42 Å². The van der Waals surface area contributed by atoms with Crippen LogP contribution in [0.5, 0.6) is 0 Å². The van der Waals surface area contributed by atoms with Gasteiger partial charge in [0.2, 0.25) is 0 Å². The molecule has 0 saturated heterocycles. The van der Waals surface area contributed by atoms with Crippen molar-refractivity contribution in [2.45, 2.75) is 5.22 Å². The van der Waals surface area contributed by atoms with Gasteiger partial charge in [-0.15, -0.1) is 0 Å². The molecule has 1 aromatic heterocycles. The summed E-state index contributed by atoms with van der Waals surface area (Å²) < 4.78 is 4.79. The van der Waals surface area contributed by atoms with Crippen LogP contribution < -0.4 is 4.90 Å². The topological polar surface area (TPSA) is 29.3 Å². The van der Waals surface area contributed by atoms with Crippen LogP contribution in [0.2, 0.25) is 0 Å². The molecular formula is C5H7N2OS. The fourth-order valence-electron chi connectivity index (χ4n) is 0.455. The van der Waals surface area contributed by atoms with Gasteiger partial charge in [0.15, 0.2) is 5.82 Å². The Morgan fingerprint density at radius 3 is 2.56 bits per heavy atom. The van der Waals surface area contributed by atoms with Crippen LogP contribution in [-0.2, 0) is 0 Å². The molecule has 0 N–H and O–H groups in total. The van der Waals surface area contributed by atoms with Crippen LogP contribution in [0.3, 0.4) is 0 Å². The Morgan fingerprint density at radius 2 is 2.33 bits per heavy atom. The van der Waals surface area contributed by atoms with Crippen LogP contribution in [0.1, 0.15) is 0 Å². The highest BCUT2D eigenvalue weighted by Crippen LogP contribution is 2.11. The van der Waals surface area contributed by atoms with E-state index < -0.39 is 0 Å². The predicted molar refractivity (Wildman–Crippen MR) is 36.7 cm³/mol. The lowest BCUT2D eigenvalue weighted by molar-refractivity contribution is 0.456. The zero-order valence-electron chi connectivity index (χ0n) is 5.29. The molecule has 3 nitrogen and oxygen atoms in total. The van der Waals surface area contributed by atoms with E-state index in [1.807, 2.05) is 19.0 Å². The number of oxazole rings is 1. The lowest BCUT2D eigenvalue weighted by Crippen LogP contribution is -2.08. The molecule has 0 aliphatic carbocycles. The summed E-state index contributed by atoms with van der Waals surface area (Å²) in [6.07, 6.45) is 1.53. The van der Waals surface area contributed by atoms with E-state index >= 15 is 0 Å². The highest BCUT2D eigenvalue weighted by Gasteiger charge is 2.00. The number of hydrogen-bond donors (Lipinski definition) is 0. The summed E-state index contributed by atoms with van der Waals surface area (Å²) in [7, 11) is 3.76. The number of nitrogens with zero attached hydrogens (tertiary/aromatic N) is 2. The van der Waals surface area contributed by atoms with E-state index in [-0.39, 0.29) is 0 Å². The molecule has 1 aromatic rings. The number of hydrogen-bond acceptors (Lipinski definition) is 3. The van der Waals surface area contributed by atoms with Crippen LogP contribution in [0, 0.1) is 0 Å². The number of aromatic nitrogens is 1. The molecule has 0 saturated carbocycles. The van der Waals surface area contributed by atoms with Crippen molar-refractivity contribution in [2.75, 3.05) is 19.0 Å². The molecule has 0 amide bonds. The molecule has 0 fully saturated rings. The maximum atomic E-state index is 4.79. The fraction of sp³-hybridized carbons (Fsp3) is 0.400. The Morgan fingerprint density at radius 1 is 1.67 bits per heavy atom. The highest BCUT2D eigenvalue weighted by atomic mass is 32.1. The van der Waals surface area contributed by atoms with Gasteiger partial charge in [-0.2, -0.15) is 4.98 Å². The van der Waals surface area contributed by atoms with Gasteiger partial charge in [0.05, 0.1) is 0 Å². The molecule has 9 heavy (non-hydrogen) atoms. The van der Waals surface area contributed by atoms with E-state index in [9.17, 15) is 0 Å². The molecule has 0 bridgehead atoms. The van der Waals surface area contributed by atoms with E-state index in [0.717, 1.165) is 5.82 Å². The molecule has 0 unspecified atom stereocenters. The molecule has 0 aliphatic heterocycles. The van der Waals surface area contributed by atoms with Crippen LogP contribution in [-0.4, -0.2) is 19.1 Å². The van der Waals surface area contributed by atoms with E-state index in [2.05, 4.69) is 17.6 Å². The molecule has 0 aromatic carbocycles. The van der Waals surface area contributed by atoms with Crippen molar-refractivity contribution >= 4 is 18.4 Å². The first kappa shape index (κ1) is 6.35. The van der Waals surface area contributed by atoms with Gasteiger partial charge in [-0.05, 0) is 12.6 Å². The van der Waals surface area contributed by atoms with Crippen LogP contribution in [0.25, 0.3) is 0 Å². The molecule has 49 valence electrons. The molecule has 0 atom stereocenters.